The van der Waals surface area contributed by atoms with Crippen molar-refractivity contribution >= 4 is 11.6 Å². The zero-order valence-corrected chi connectivity index (χ0v) is 24.6. The Balaban J connectivity index is 1.37. The molecule has 5 atom stereocenters. The van der Waals surface area contributed by atoms with Gasteiger partial charge < -0.3 is 15.0 Å². The van der Waals surface area contributed by atoms with Crippen LogP contribution in [0.2, 0.25) is 0 Å². The van der Waals surface area contributed by atoms with Crippen LogP contribution in [-0.4, -0.2) is 90.8 Å². The lowest BCUT2D eigenvalue weighted by Crippen LogP contribution is -2.63. The molecular formula is C31H43F2N5O2. The molecule has 40 heavy (non-hydrogen) atoms. The van der Waals surface area contributed by atoms with Crippen molar-refractivity contribution in [3.8, 4) is 0 Å². The van der Waals surface area contributed by atoms with Gasteiger partial charge in [-0.25, -0.2) is 8.78 Å². The summed E-state index contributed by atoms with van der Waals surface area (Å²) in [5.41, 5.74) is 2.95. The number of anilines is 1. The summed E-state index contributed by atoms with van der Waals surface area (Å²) in [6, 6.07) is 7.21. The summed E-state index contributed by atoms with van der Waals surface area (Å²) >= 11 is 0. The second-order valence-electron chi connectivity index (χ2n) is 12.7. The largest absolute Gasteiger partial charge is 0.378 e. The normalized spacial score (nSPS) is 27.9. The smallest absolute Gasteiger partial charge is 0.241 e. The lowest BCUT2D eigenvalue weighted by molar-refractivity contribution is -0.121. The Kier molecular flexibility index (Phi) is 8.30. The molecule has 1 N–H and O–H groups in total. The van der Waals surface area contributed by atoms with E-state index in [1.54, 1.807) is 12.3 Å². The maximum Gasteiger partial charge on any atom is 0.241 e. The highest BCUT2D eigenvalue weighted by molar-refractivity contribution is 5.97. The van der Waals surface area contributed by atoms with Crippen LogP contribution in [0, 0.1) is 11.6 Å². The van der Waals surface area contributed by atoms with Gasteiger partial charge in [0, 0.05) is 67.9 Å². The molecule has 0 saturated carbocycles. The topological polar surface area (TPSA) is 60.9 Å². The van der Waals surface area contributed by atoms with E-state index in [0.717, 1.165) is 55.9 Å². The molecule has 0 bridgehead atoms. The van der Waals surface area contributed by atoms with E-state index in [2.05, 4.69) is 49.7 Å². The number of morpholine rings is 1. The third kappa shape index (κ3) is 5.79. The molecule has 2 saturated heterocycles. The Morgan fingerprint density at radius 2 is 1.85 bits per heavy atom. The van der Waals surface area contributed by atoms with Gasteiger partial charge >= 0.3 is 0 Å². The van der Waals surface area contributed by atoms with Gasteiger partial charge in [0.05, 0.1) is 31.1 Å². The molecule has 1 aromatic carbocycles. The lowest BCUT2D eigenvalue weighted by atomic mass is 9.89. The van der Waals surface area contributed by atoms with Crippen molar-refractivity contribution in [3.63, 3.8) is 0 Å². The maximum atomic E-state index is 14.0. The van der Waals surface area contributed by atoms with E-state index in [-0.39, 0.29) is 23.3 Å². The number of nitrogens with one attached hydrogen (secondary N) is 1. The fraction of sp³-hybridized carbons (Fsp3) is 0.613. The van der Waals surface area contributed by atoms with Gasteiger partial charge in [-0.1, -0.05) is 26.8 Å². The van der Waals surface area contributed by atoms with Crippen LogP contribution in [0.4, 0.5) is 14.5 Å². The minimum atomic E-state index is -0.864. The fourth-order valence-electron chi connectivity index (χ4n) is 6.49. The molecule has 3 aliphatic heterocycles. The number of hydrogen-bond donors (Lipinski definition) is 1. The van der Waals surface area contributed by atoms with Gasteiger partial charge in [0.25, 0.3) is 0 Å². The first-order valence-corrected chi connectivity index (χ1v) is 14.5. The van der Waals surface area contributed by atoms with E-state index < -0.39 is 11.6 Å². The molecule has 7 nitrogen and oxygen atoms in total. The Hall–Kier alpha value is -2.46. The summed E-state index contributed by atoms with van der Waals surface area (Å²) in [7, 11) is 0. The minimum Gasteiger partial charge on any atom is -0.378 e. The van der Waals surface area contributed by atoms with Gasteiger partial charge in [0.1, 0.15) is 0 Å². The van der Waals surface area contributed by atoms with Crippen molar-refractivity contribution in [2.24, 2.45) is 0 Å². The van der Waals surface area contributed by atoms with E-state index in [9.17, 15) is 13.6 Å². The Labute approximate surface area is 236 Å². The first-order chi connectivity index (χ1) is 18.9. The molecule has 4 heterocycles. The van der Waals surface area contributed by atoms with Crippen LogP contribution in [0.25, 0.3) is 0 Å². The molecule has 0 aliphatic carbocycles. The number of amides is 1. The Bertz CT molecular complexity index is 1230. The van der Waals surface area contributed by atoms with Crippen molar-refractivity contribution < 1.29 is 18.3 Å². The average molecular weight is 556 g/mol. The molecule has 1 aromatic heterocycles. The number of fused-ring (bicyclic) bond motifs is 1. The molecule has 0 radical (unpaired) electrons. The second kappa shape index (κ2) is 11.4. The molecule has 2 fully saturated rings. The number of carbonyl (C=O) groups is 1. The number of halogens is 2. The van der Waals surface area contributed by atoms with E-state index in [1.807, 2.05) is 17.9 Å². The maximum absolute atomic E-state index is 14.0. The van der Waals surface area contributed by atoms with E-state index >= 15 is 0 Å². The molecule has 3 aliphatic rings. The van der Waals surface area contributed by atoms with Crippen LogP contribution in [0.15, 0.2) is 30.5 Å². The number of carbonyl (C=O) groups excluding carboxylic acids is 1. The molecule has 2 aromatic rings. The monoisotopic (exact) mass is 555 g/mol. The first-order valence-electron chi connectivity index (χ1n) is 14.5. The Morgan fingerprint density at radius 1 is 1.12 bits per heavy atom. The molecule has 1 unspecified atom stereocenters. The predicted octanol–water partition coefficient (Wildman–Crippen LogP) is 3.91. The Morgan fingerprint density at radius 3 is 2.55 bits per heavy atom. The van der Waals surface area contributed by atoms with Crippen molar-refractivity contribution in [1.29, 1.82) is 0 Å². The van der Waals surface area contributed by atoms with Gasteiger partial charge in [-0.15, -0.1) is 0 Å². The number of rotatable bonds is 6. The zero-order chi connectivity index (χ0) is 28.8. The quantitative estimate of drug-likeness (QED) is 0.584. The summed E-state index contributed by atoms with van der Waals surface area (Å²) in [5.74, 6) is -1.87. The summed E-state index contributed by atoms with van der Waals surface area (Å²) in [5, 5.41) is 3.61. The van der Waals surface area contributed by atoms with Gasteiger partial charge in [0.2, 0.25) is 5.91 Å². The predicted molar refractivity (Wildman–Crippen MR) is 153 cm³/mol. The third-order valence-electron chi connectivity index (χ3n) is 8.96. The number of pyridine rings is 1. The third-order valence-corrected chi connectivity index (χ3v) is 8.96. The molecule has 218 valence electrons. The number of hydrogen-bond acceptors (Lipinski definition) is 6. The summed E-state index contributed by atoms with van der Waals surface area (Å²) in [6.07, 6.45) is 1.80. The molecule has 0 spiro atoms. The number of benzene rings is 1. The van der Waals surface area contributed by atoms with Crippen molar-refractivity contribution in [1.82, 2.24) is 20.1 Å². The molecule has 5 rings (SSSR count). The first kappa shape index (κ1) is 29.0. The molecule has 1 amide bonds. The zero-order valence-electron chi connectivity index (χ0n) is 24.6. The lowest BCUT2D eigenvalue weighted by Gasteiger charge is -2.46. The highest BCUT2D eigenvalue weighted by Gasteiger charge is 2.41. The molecule has 9 heteroatoms. The van der Waals surface area contributed by atoms with Gasteiger partial charge in [0.15, 0.2) is 11.6 Å². The van der Waals surface area contributed by atoms with Crippen molar-refractivity contribution in [2.45, 2.75) is 77.0 Å². The van der Waals surface area contributed by atoms with E-state index in [0.29, 0.717) is 36.8 Å². The number of piperazine rings is 1. The second-order valence-corrected chi connectivity index (χ2v) is 12.7. The van der Waals surface area contributed by atoms with Crippen molar-refractivity contribution in [3.05, 3.63) is 58.9 Å². The number of nitrogens with zero attached hydrogens (tertiary/aromatic N) is 4. The van der Waals surface area contributed by atoms with E-state index in [4.69, 9.17) is 9.72 Å². The minimum absolute atomic E-state index is 0.0634. The van der Waals surface area contributed by atoms with Crippen LogP contribution in [0.3, 0.4) is 0 Å². The van der Waals surface area contributed by atoms with Crippen molar-refractivity contribution in [2.75, 3.05) is 50.8 Å². The van der Waals surface area contributed by atoms with Crippen LogP contribution >= 0.6 is 0 Å². The molecular weight excluding hydrogens is 512 g/mol. The van der Waals surface area contributed by atoms with Crippen LogP contribution in [0.5, 0.6) is 0 Å². The standard InChI is InChI=1S/C31H43F2N5O2/c1-19-13-36(25(12-34-19)14-37-20(2)16-40-17-21(37)3)15-29(39)38-18-31(5,6)30-28(38)10-24(11-35-30)22(4)23-7-8-26(32)27(33)9-23/h7-11,19-22,25,34H,12-18H2,1-6H3/t19-,20-,21-,22?,25-/m1/s1. The van der Waals surface area contributed by atoms with Crippen LogP contribution in [-0.2, 0) is 14.9 Å². The van der Waals surface area contributed by atoms with Gasteiger partial charge in [-0.3, -0.25) is 19.6 Å². The fourth-order valence-corrected chi connectivity index (χ4v) is 6.49. The van der Waals surface area contributed by atoms with Crippen LogP contribution < -0.4 is 10.2 Å². The summed E-state index contributed by atoms with van der Waals surface area (Å²) in [6.45, 7) is 17.6. The highest BCUT2D eigenvalue weighted by atomic mass is 19.2. The number of aromatic nitrogens is 1. The van der Waals surface area contributed by atoms with Gasteiger partial charge in [-0.05, 0) is 50.1 Å². The highest BCUT2D eigenvalue weighted by Crippen LogP contribution is 2.41. The van der Waals surface area contributed by atoms with E-state index in [1.165, 1.54) is 6.07 Å². The number of ether oxygens (including phenoxy) is 1. The summed E-state index contributed by atoms with van der Waals surface area (Å²) < 4.78 is 33.2. The van der Waals surface area contributed by atoms with Crippen LogP contribution in [0.1, 0.15) is 64.3 Å². The average Bonchev–Trinajstić information content (AvgIpc) is 3.18. The SMILES string of the molecule is CC(c1ccc(F)c(F)c1)c1cnc2c(c1)N(C(=O)CN1C[C@@H](C)NC[C@@H]1CN1[C@H](C)COC[C@H]1C)CC2(C)C. The summed E-state index contributed by atoms with van der Waals surface area (Å²) in [4.78, 5) is 25.5. The van der Waals surface area contributed by atoms with Gasteiger partial charge in [-0.2, -0.15) is 0 Å².